The summed E-state index contributed by atoms with van der Waals surface area (Å²) in [7, 11) is 0. The summed E-state index contributed by atoms with van der Waals surface area (Å²) in [5.41, 5.74) is 2.88. The second-order valence-electron chi connectivity index (χ2n) is 4.12. The lowest BCUT2D eigenvalue weighted by atomic mass is 10.1. The van der Waals surface area contributed by atoms with Crippen molar-refractivity contribution in [3.8, 4) is 0 Å². The lowest BCUT2D eigenvalue weighted by Gasteiger charge is -2.16. The molecule has 1 fully saturated rings. The molecule has 2 heteroatoms. The molecule has 1 saturated carbocycles. The number of nitrogens with one attached hydrogen (secondary N) is 1. The zero-order valence-corrected chi connectivity index (χ0v) is 9.40. The Hall–Kier alpha value is -0.0100. The smallest absolute Gasteiger partial charge is 0.0176 e. The van der Waals surface area contributed by atoms with Crippen LogP contribution >= 0.6 is 11.6 Å². The summed E-state index contributed by atoms with van der Waals surface area (Å²) in [5, 5.41) is 3.54. The van der Waals surface area contributed by atoms with Crippen LogP contribution in [-0.2, 0) is 0 Å². The van der Waals surface area contributed by atoms with Gasteiger partial charge in [-0.15, -0.1) is 0 Å². The van der Waals surface area contributed by atoms with E-state index < -0.39 is 0 Å². The Morgan fingerprint density at radius 1 is 1.62 bits per heavy atom. The molecule has 1 nitrogen and oxygen atoms in total. The van der Waals surface area contributed by atoms with E-state index in [1.54, 1.807) is 5.54 Å². The Labute approximate surface area is 86.5 Å². The van der Waals surface area contributed by atoms with Crippen molar-refractivity contribution < 1.29 is 0 Å². The lowest BCUT2D eigenvalue weighted by Crippen LogP contribution is -2.30. The van der Waals surface area contributed by atoms with Gasteiger partial charge in [0, 0.05) is 18.1 Å². The molecule has 1 unspecified atom stereocenters. The first-order chi connectivity index (χ1) is 6.26. The van der Waals surface area contributed by atoms with Crippen LogP contribution in [0.5, 0.6) is 0 Å². The normalized spacial score (nSPS) is 20.4. The standard InChI is InChI=1S/C11H20ClN/c1-3-11(6-10-4-5-10)13-8-9(2)7-12/h7,10-11,13H,3-6,8H2,1-2H3. The van der Waals surface area contributed by atoms with Gasteiger partial charge in [0.25, 0.3) is 0 Å². The third-order valence-electron chi connectivity index (χ3n) is 2.66. The van der Waals surface area contributed by atoms with Crippen molar-refractivity contribution in [2.75, 3.05) is 6.54 Å². The molecule has 0 heterocycles. The molecule has 1 atom stereocenters. The molecule has 0 aromatic heterocycles. The van der Waals surface area contributed by atoms with Crippen molar-refractivity contribution in [3.63, 3.8) is 0 Å². The Morgan fingerprint density at radius 2 is 2.31 bits per heavy atom. The molecule has 0 aromatic rings. The van der Waals surface area contributed by atoms with E-state index in [0.717, 1.165) is 12.5 Å². The summed E-state index contributed by atoms with van der Waals surface area (Å²) < 4.78 is 0. The molecule has 13 heavy (non-hydrogen) atoms. The number of rotatable bonds is 6. The Morgan fingerprint density at radius 3 is 2.77 bits per heavy atom. The minimum atomic E-state index is 0.694. The van der Waals surface area contributed by atoms with E-state index in [0.29, 0.717) is 6.04 Å². The van der Waals surface area contributed by atoms with Gasteiger partial charge in [0.05, 0.1) is 0 Å². The van der Waals surface area contributed by atoms with Crippen molar-refractivity contribution in [1.82, 2.24) is 5.32 Å². The molecule has 1 aliphatic rings. The van der Waals surface area contributed by atoms with Gasteiger partial charge in [-0.3, -0.25) is 0 Å². The SMILES string of the molecule is CCC(CC1CC1)NCC(C)=CCl. The lowest BCUT2D eigenvalue weighted by molar-refractivity contribution is 0.461. The fourth-order valence-electron chi connectivity index (χ4n) is 1.49. The van der Waals surface area contributed by atoms with Gasteiger partial charge >= 0.3 is 0 Å². The quantitative estimate of drug-likeness (QED) is 0.696. The van der Waals surface area contributed by atoms with Crippen LogP contribution in [0.2, 0.25) is 0 Å². The van der Waals surface area contributed by atoms with E-state index in [9.17, 15) is 0 Å². The molecule has 1 rings (SSSR count). The molecule has 0 amide bonds. The minimum Gasteiger partial charge on any atom is -0.310 e. The van der Waals surface area contributed by atoms with Gasteiger partial charge in [0.1, 0.15) is 0 Å². The van der Waals surface area contributed by atoms with Gasteiger partial charge in [-0.1, -0.05) is 31.4 Å². The summed E-state index contributed by atoms with van der Waals surface area (Å²) >= 11 is 5.59. The fraction of sp³-hybridized carbons (Fsp3) is 0.818. The van der Waals surface area contributed by atoms with Gasteiger partial charge in [-0.05, 0) is 31.3 Å². The molecule has 0 saturated heterocycles. The van der Waals surface area contributed by atoms with Crippen molar-refractivity contribution in [2.45, 2.75) is 45.6 Å². The van der Waals surface area contributed by atoms with Crippen molar-refractivity contribution in [2.24, 2.45) is 5.92 Å². The third-order valence-corrected chi connectivity index (χ3v) is 3.04. The van der Waals surface area contributed by atoms with E-state index in [4.69, 9.17) is 11.6 Å². The predicted molar refractivity (Wildman–Crippen MR) is 59.0 cm³/mol. The summed E-state index contributed by atoms with van der Waals surface area (Å²) in [5.74, 6) is 1.01. The molecule has 0 aliphatic heterocycles. The predicted octanol–water partition coefficient (Wildman–Crippen LogP) is 3.30. The Balaban J connectivity index is 2.14. The molecule has 1 N–H and O–H groups in total. The fourth-order valence-corrected chi connectivity index (χ4v) is 1.57. The van der Waals surface area contributed by atoms with Gasteiger partial charge < -0.3 is 5.32 Å². The van der Waals surface area contributed by atoms with E-state index >= 15 is 0 Å². The van der Waals surface area contributed by atoms with Crippen molar-refractivity contribution in [1.29, 1.82) is 0 Å². The monoisotopic (exact) mass is 201 g/mol. The first-order valence-electron chi connectivity index (χ1n) is 5.25. The highest BCUT2D eigenvalue weighted by Gasteiger charge is 2.24. The molecule has 0 aromatic carbocycles. The summed E-state index contributed by atoms with van der Waals surface area (Å²) in [6.45, 7) is 5.25. The number of halogens is 1. The van der Waals surface area contributed by atoms with Gasteiger partial charge in [0.15, 0.2) is 0 Å². The highest BCUT2D eigenvalue weighted by Crippen LogP contribution is 2.33. The van der Waals surface area contributed by atoms with Crippen LogP contribution in [0.15, 0.2) is 11.1 Å². The molecular formula is C11H20ClN. The highest BCUT2D eigenvalue weighted by atomic mass is 35.5. The van der Waals surface area contributed by atoms with Crippen LogP contribution < -0.4 is 5.32 Å². The highest BCUT2D eigenvalue weighted by molar-refractivity contribution is 6.25. The van der Waals surface area contributed by atoms with Crippen LogP contribution in [0.4, 0.5) is 0 Å². The maximum Gasteiger partial charge on any atom is 0.0176 e. The van der Waals surface area contributed by atoms with Gasteiger partial charge in [-0.2, -0.15) is 0 Å². The zero-order chi connectivity index (χ0) is 9.68. The van der Waals surface area contributed by atoms with Gasteiger partial charge in [0.2, 0.25) is 0 Å². The minimum absolute atomic E-state index is 0.694. The second-order valence-corrected chi connectivity index (χ2v) is 4.34. The second kappa shape index (κ2) is 5.66. The summed E-state index contributed by atoms with van der Waals surface area (Å²) in [6, 6.07) is 0.694. The summed E-state index contributed by atoms with van der Waals surface area (Å²) in [4.78, 5) is 0. The van der Waals surface area contributed by atoms with Crippen molar-refractivity contribution >= 4 is 11.6 Å². The molecule has 1 aliphatic carbocycles. The molecule has 0 bridgehead atoms. The molecular weight excluding hydrogens is 182 g/mol. The van der Waals surface area contributed by atoms with Gasteiger partial charge in [-0.25, -0.2) is 0 Å². The van der Waals surface area contributed by atoms with Crippen LogP contribution in [0, 0.1) is 5.92 Å². The van der Waals surface area contributed by atoms with E-state index in [-0.39, 0.29) is 0 Å². The van der Waals surface area contributed by atoms with Crippen LogP contribution in [0.3, 0.4) is 0 Å². The first-order valence-corrected chi connectivity index (χ1v) is 5.69. The van der Waals surface area contributed by atoms with E-state index in [1.807, 2.05) is 0 Å². The van der Waals surface area contributed by atoms with Crippen LogP contribution in [0.25, 0.3) is 0 Å². The Kier molecular flexibility index (Phi) is 4.82. The van der Waals surface area contributed by atoms with Crippen LogP contribution in [0.1, 0.15) is 39.5 Å². The summed E-state index contributed by atoms with van der Waals surface area (Å²) in [6.07, 6.45) is 5.48. The first kappa shape index (κ1) is 11.1. The van der Waals surface area contributed by atoms with E-state index in [2.05, 4.69) is 19.2 Å². The Bertz CT molecular complexity index is 173. The maximum absolute atomic E-state index is 5.59. The molecule has 0 radical (unpaired) electrons. The number of hydrogen-bond donors (Lipinski definition) is 1. The van der Waals surface area contributed by atoms with E-state index in [1.165, 1.54) is 31.3 Å². The average molecular weight is 202 g/mol. The average Bonchev–Trinajstić information content (AvgIpc) is 2.95. The molecule has 76 valence electrons. The molecule has 0 spiro atoms. The van der Waals surface area contributed by atoms with Crippen molar-refractivity contribution in [3.05, 3.63) is 11.1 Å². The largest absolute Gasteiger partial charge is 0.310 e. The third kappa shape index (κ3) is 4.68. The maximum atomic E-state index is 5.59. The van der Waals surface area contributed by atoms with Crippen LogP contribution in [-0.4, -0.2) is 12.6 Å². The number of hydrogen-bond acceptors (Lipinski definition) is 1. The topological polar surface area (TPSA) is 12.0 Å². The zero-order valence-electron chi connectivity index (χ0n) is 8.65.